The molecule has 1 aromatic heterocycles. The van der Waals surface area contributed by atoms with Gasteiger partial charge in [0.05, 0.1) is 6.10 Å². The third-order valence-corrected chi connectivity index (χ3v) is 2.19. The van der Waals surface area contributed by atoms with Crippen LogP contribution in [0.25, 0.3) is 0 Å². The molecule has 15 heavy (non-hydrogen) atoms. The van der Waals surface area contributed by atoms with Gasteiger partial charge in [0.2, 0.25) is 0 Å². The highest BCUT2D eigenvalue weighted by atomic mass is 35.5. The van der Waals surface area contributed by atoms with Gasteiger partial charge in [0.15, 0.2) is 0 Å². The molecular formula is C11H17ClN2O. The molecule has 2 N–H and O–H groups in total. The summed E-state index contributed by atoms with van der Waals surface area (Å²) in [6, 6.07) is 5.37. The molecular weight excluding hydrogens is 212 g/mol. The number of pyridine rings is 1. The SMILES string of the molecule is CC(C)CC(O)CNc1cccc(Cl)n1. The molecule has 0 bridgehead atoms. The van der Waals surface area contributed by atoms with Crippen LogP contribution >= 0.6 is 11.6 Å². The van der Waals surface area contributed by atoms with Gasteiger partial charge in [0.25, 0.3) is 0 Å². The van der Waals surface area contributed by atoms with Crippen LogP contribution in [0.5, 0.6) is 0 Å². The molecule has 0 amide bonds. The third-order valence-electron chi connectivity index (χ3n) is 1.98. The Morgan fingerprint density at radius 2 is 2.20 bits per heavy atom. The van der Waals surface area contributed by atoms with Crippen LogP contribution in [0, 0.1) is 5.92 Å². The number of halogens is 1. The fourth-order valence-corrected chi connectivity index (χ4v) is 1.52. The van der Waals surface area contributed by atoms with Gasteiger partial charge in [-0.15, -0.1) is 0 Å². The number of anilines is 1. The van der Waals surface area contributed by atoms with Crippen LogP contribution in [0.3, 0.4) is 0 Å². The van der Waals surface area contributed by atoms with Crippen molar-refractivity contribution in [3.8, 4) is 0 Å². The smallest absolute Gasteiger partial charge is 0.131 e. The van der Waals surface area contributed by atoms with Crippen LogP contribution < -0.4 is 5.32 Å². The molecule has 0 radical (unpaired) electrons. The summed E-state index contributed by atoms with van der Waals surface area (Å²) in [6.45, 7) is 4.67. The number of hydrogen-bond acceptors (Lipinski definition) is 3. The largest absolute Gasteiger partial charge is 0.391 e. The van der Waals surface area contributed by atoms with Gasteiger partial charge < -0.3 is 10.4 Å². The number of aliphatic hydroxyl groups is 1. The van der Waals surface area contributed by atoms with E-state index in [1.165, 1.54) is 0 Å². The van der Waals surface area contributed by atoms with E-state index >= 15 is 0 Å². The molecule has 1 rings (SSSR count). The highest BCUT2D eigenvalue weighted by Crippen LogP contribution is 2.10. The van der Waals surface area contributed by atoms with Crippen molar-refractivity contribution in [3.63, 3.8) is 0 Å². The fraction of sp³-hybridized carbons (Fsp3) is 0.545. The van der Waals surface area contributed by atoms with Crippen molar-refractivity contribution >= 4 is 17.4 Å². The summed E-state index contributed by atoms with van der Waals surface area (Å²) in [6.07, 6.45) is 0.443. The van der Waals surface area contributed by atoms with Gasteiger partial charge in [-0.1, -0.05) is 31.5 Å². The Kier molecular flexibility index (Phi) is 4.85. The Morgan fingerprint density at radius 3 is 2.80 bits per heavy atom. The zero-order valence-electron chi connectivity index (χ0n) is 9.07. The van der Waals surface area contributed by atoms with Crippen LogP contribution in [-0.2, 0) is 0 Å². The van der Waals surface area contributed by atoms with Crippen molar-refractivity contribution < 1.29 is 5.11 Å². The first kappa shape index (κ1) is 12.3. The van der Waals surface area contributed by atoms with Crippen molar-refractivity contribution in [3.05, 3.63) is 23.4 Å². The van der Waals surface area contributed by atoms with Gasteiger partial charge in [-0.05, 0) is 24.5 Å². The molecule has 1 atom stereocenters. The van der Waals surface area contributed by atoms with Crippen LogP contribution in [0.1, 0.15) is 20.3 Å². The predicted octanol–water partition coefficient (Wildman–Crippen LogP) is 2.55. The zero-order valence-corrected chi connectivity index (χ0v) is 9.83. The number of rotatable bonds is 5. The van der Waals surface area contributed by atoms with Crippen LogP contribution in [0.15, 0.2) is 18.2 Å². The average molecular weight is 229 g/mol. The number of aromatic nitrogens is 1. The minimum atomic E-state index is -0.342. The third kappa shape index (κ3) is 5.00. The van der Waals surface area contributed by atoms with Gasteiger partial charge in [-0.3, -0.25) is 0 Å². The summed E-state index contributed by atoms with van der Waals surface area (Å²) in [5.41, 5.74) is 0. The van der Waals surface area contributed by atoms with E-state index in [0.29, 0.717) is 23.4 Å². The highest BCUT2D eigenvalue weighted by Gasteiger charge is 2.06. The molecule has 0 aliphatic rings. The molecule has 0 fully saturated rings. The first-order valence-electron chi connectivity index (χ1n) is 5.12. The average Bonchev–Trinajstić information content (AvgIpc) is 2.14. The summed E-state index contributed by atoms with van der Waals surface area (Å²) >= 11 is 5.73. The van der Waals surface area contributed by atoms with Gasteiger partial charge in [0, 0.05) is 6.54 Å². The van der Waals surface area contributed by atoms with E-state index in [2.05, 4.69) is 24.1 Å². The lowest BCUT2D eigenvalue weighted by Crippen LogP contribution is -2.21. The Labute approximate surface area is 95.5 Å². The van der Waals surface area contributed by atoms with E-state index in [-0.39, 0.29) is 6.10 Å². The number of hydrogen-bond donors (Lipinski definition) is 2. The van der Waals surface area contributed by atoms with Crippen molar-refractivity contribution in [1.82, 2.24) is 4.98 Å². The second-order valence-corrected chi connectivity index (χ2v) is 4.40. The molecule has 3 nitrogen and oxygen atoms in total. The van der Waals surface area contributed by atoms with Gasteiger partial charge in [0.1, 0.15) is 11.0 Å². The molecule has 0 saturated heterocycles. The number of nitrogens with zero attached hydrogens (tertiary/aromatic N) is 1. The minimum Gasteiger partial charge on any atom is -0.391 e. The van der Waals surface area contributed by atoms with Crippen molar-refractivity contribution in [2.45, 2.75) is 26.4 Å². The maximum absolute atomic E-state index is 9.63. The maximum atomic E-state index is 9.63. The molecule has 1 unspecified atom stereocenters. The molecule has 4 heteroatoms. The first-order valence-corrected chi connectivity index (χ1v) is 5.50. The number of aliphatic hydroxyl groups excluding tert-OH is 1. The van der Waals surface area contributed by atoms with Crippen LogP contribution in [0.2, 0.25) is 5.15 Å². The normalized spacial score (nSPS) is 12.9. The molecule has 0 aliphatic carbocycles. The van der Waals surface area contributed by atoms with Gasteiger partial charge in [-0.2, -0.15) is 0 Å². The van der Waals surface area contributed by atoms with E-state index in [9.17, 15) is 5.11 Å². The predicted molar refractivity (Wildman–Crippen MR) is 63.2 cm³/mol. The van der Waals surface area contributed by atoms with Crippen LogP contribution in [0.4, 0.5) is 5.82 Å². The minimum absolute atomic E-state index is 0.342. The van der Waals surface area contributed by atoms with Gasteiger partial charge in [-0.25, -0.2) is 4.98 Å². The maximum Gasteiger partial charge on any atom is 0.131 e. The first-order chi connectivity index (χ1) is 7.08. The summed E-state index contributed by atoms with van der Waals surface area (Å²) in [4.78, 5) is 4.07. The van der Waals surface area contributed by atoms with Gasteiger partial charge >= 0.3 is 0 Å². The summed E-state index contributed by atoms with van der Waals surface area (Å²) in [7, 11) is 0. The standard InChI is InChI=1S/C11H17ClN2O/c1-8(2)6-9(15)7-13-11-5-3-4-10(12)14-11/h3-5,8-9,15H,6-7H2,1-2H3,(H,13,14). The Hall–Kier alpha value is -0.800. The molecule has 0 aliphatic heterocycles. The molecule has 0 saturated carbocycles. The van der Waals surface area contributed by atoms with Crippen molar-refractivity contribution in [2.75, 3.05) is 11.9 Å². The summed E-state index contributed by atoms with van der Waals surface area (Å²) in [5, 5.41) is 13.1. The monoisotopic (exact) mass is 228 g/mol. The van der Waals surface area contributed by atoms with E-state index in [1.807, 2.05) is 12.1 Å². The topological polar surface area (TPSA) is 45.1 Å². The second kappa shape index (κ2) is 5.93. The van der Waals surface area contributed by atoms with Crippen LogP contribution in [-0.4, -0.2) is 22.7 Å². The summed E-state index contributed by atoms with van der Waals surface area (Å²) in [5.74, 6) is 1.19. The highest BCUT2D eigenvalue weighted by molar-refractivity contribution is 6.29. The molecule has 84 valence electrons. The zero-order chi connectivity index (χ0) is 11.3. The molecule has 1 aromatic rings. The molecule has 1 heterocycles. The lowest BCUT2D eigenvalue weighted by molar-refractivity contribution is 0.161. The summed E-state index contributed by atoms with van der Waals surface area (Å²) < 4.78 is 0. The lowest BCUT2D eigenvalue weighted by Gasteiger charge is -2.14. The number of nitrogens with one attached hydrogen (secondary N) is 1. The van der Waals surface area contributed by atoms with Crippen molar-refractivity contribution in [1.29, 1.82) is 0 Å². The van der Waals surface area contributed by atoms with E-state index in [1.54, 1.807) is 6.07 Å². The molecule has 0 aromatic carbocycles. The lowest BCUT2D eigenvalue weighted by atomic mass is 10.1. The Morgan fingerprint density at radius 1 is 1.47 bits per heavy atom. The Balaban J connectivity index is 2.36. The van der Waals surface area contributed by atoms with Crippen molar-refractivity contribution in [2.24, 2.45) is 5.92 Å². The molecule has 0 spiro atoms. The second-order valence-electron chi connectivity index (χ2n) is 4.01. The van der Waals surface area contributed by atoms with E-state index < -0.39 is 0 Å². The quantitative estimate of drug-likeness (QED) is 0.762. The van der Waals surface area contributed by atoms with E-state index in [0.717, 1.165) is 6.42 Å². The Bertz CT molecular complexity index is 304. The fourth-order valence-electron chi connectivity index (χ4n) is 1.36. The van der Waals surface area contributed by atoms with E-state index in [4.69, 9.17) is 11.6 Å².